The number of rotatable bonds is 3. The van der Waals surface area contributed by atoms with Gasteiger partial charge in [-0.3, -0.25) is 4.79 Å². The Morgan fingerprint density at radius 3 is 2.71 bits per heavy atom. The summed E-state index contributed by atoms with van der Waals surface area (Å²) in [6, 6.07) is 5.88. The second-order valence-corrected chi connectivity index (χ2v) is 3.32. The highest BCUT2D eigenvalue weighted by molar-refractivity contribution is 5.85. The van der Waals surface area contributed by atoms with E-state index in [9.17, 15) is 4.79 Å². The molecule has 1 aromatic rings. The van der Waals surface area contributed by atoms with E-state index in [1.807, 2.05) is 45.3 Å². The third-order valence-corrected chi connectivity index (χ3v) is 2.12. The molecule has 0 saturated heterocycles. The summed E-state index contributed by atoms with van der Waals surface area (Å²) >= 11 is 0. The minimum absolute atomic E-state index is 0.744. The predicted octanol–water partition coefficient (Wildman–Crippen LogP) is 2.39. The molecule has 0 aromatic heterocycles. The van der Waals surface area contributed by atoms with E-state index in [0.29, 0.717) is 0 Å². The van der Waals surface area contributed by atoms with Crippen LogP contribution in [0.2, 0.25) is 0 Å². The van der Waals surface area contributed by atoms with Gasteiger partial charge in [0.15, 0.2) is 6.29 Å². The van der Waals surface area contributed by atoms with Gasteiger partial charge in [-0.25, -0.2) is 0 Å². The van der Waals surface area contributed by atoms with E-state index in [2.05, 4.69) is 5.32 Å². The first-order chi connectivity index (χ1) is 6.69. The third kappa shape index (κ3) is 2.22. The number of hydrogen-bond acceptors (Lipinski definition) is 2. The van der Waals surface area contributed by atoms with Crippen LogP contribution in [0.3, 0.4) is 0 Å². The van der Waals surface area contributed by atoms with Crippen LogP contribution in [0.5, 0.6) is 0 Å². The Morgan fingerprint density at radius 1 is 1.43 bits per heavy atom. The zero-order valence-electron chi connectivity index (χ0n) is 8.79. The quantitative estimate of drug-likeness (QED) is 0.740. The molecule has 2 heteroatoms. The fourth-order valence-corrected chi connectivity index (χ4v) is 1.43. The molecule has 0 aliphatic rings. The van der Waals surface area contributed by atoms with E-state index in [-0.39, 0.29) is 0 Å². The van der Waals surface area contributed by atoms with Crippen molar-refractivity contribution in [2.45, 2.75) is 13.8 Å². The molecule has 0 saturated carbocycles. The van der Waals surface area contributed by atoms with Crippen molar-refractivity contribution in [2.24, 2.45) is 0 Å². The van der Waals surface area contributed by atoms with Crippen LogP contribution in [0.25, 0.3) is 5.57 Å². The molecule has 0 spiro atoms. The van der Waals surface area contributed by atoms with Gasteiger partial charge in [0.05, 0.1) is 0 Å². The maximum absolute atomic E-state index is 10.8. The molecule has 0 aliphatic heterocycles. The van der Waals surface area contributed by atoms with Crippen LogP contribution < -0.4 is 5.32 Å². The van der Waals surface area contributed by atoms with Gasteiger partial charge in [-0.05, 0) is 37.3 Å². The average molecular weight is 189 g/mol. The van der Waals surface area contributed by atoms with Gasteiger partial charge in [-0.2, -0.15) is 0 Å². The Balaban J connectivity index is 3.20. The smallest absolute Gasteiger partial charge is 0.150 e. The van der Waals surface area contributed by atoms with Crippen molar-refractivity contribution in [2.75, 3.05) is 7.05 Å². The van der Waals surface area contributed by atoms with Gasteiger partial charge in [0.2, 0.25) is 0 Å². The largest absolute Gasteiger partial charge is 0.394 e. The summed E-state index contributed by atoms with van der Waals surface area (Å²) in [5, 5.41) is 2.95. The van der Waals surface area contributed by atoms with Gasteiger partial charge in [-0.15, -0.1) is 0 Å². The van der Waals surface area contributed by atoms with Crippen molar-refractivity contribution in [1.82, 2.24) is 5.32 Å². The van der Waals surface area contributed by atoms with Crippen molar-refractivity contribution in [1.29, 1.82) is 0 Å². The Hall–Kier alpha value is -1.57. The molecule has 0 amide bonds. The van der Waals surface area contributed by atoms with E-state index in [1.165, 1.54) is 0 Å². The Morgan fingerprint density at radius 2 is 2.14 bits per heavy atom. The molecule has 0 radical (unpaired) electrons. The minimum Gasteiger partial charge on any atom is -0.394 e. The monoisotopic (exact) mass is 189 g/mol. The van der Waals surface area contributed by atoms with Crippen molar-refractivity contribution in [3.8, 4) is 0 Å². The molecule has 74 valence electrons. The molecular weight excluding hydrogens is 174 g/mol. The summed E-state index contributed by atoms with van der Waals surface area (Å²) in [6.45, 7) is 3.96. The number of carbonyl (C=O) groups is 1. The van der Waals surface area contributed by atoms with E-state index >= 15 is 0 Å². The van der Waals surface area contributed by atoms with Crippen LogP contribution in [0.1, 0.15) is 28.4 Å². The topological polar surface area (TPSA) is 29.1 Å². The molecule has 0 fully saturated rings. The molecule has 1 rings (SSSR count). The van der Waals surface area contributed by atoms with E-state index in [1.54, 1.807) is 0 Å². The van der Waals surface area contributed by atoms with Gasteiger partial charge in [-0.1, -0.05) is 17.7 Å². The summed E-state index contributed by atoms with van der Waals surface area (Å²) in [5.74, 6) is 0. The lowest BCUT2D eigenvalue weighted by molar-refractivity contribution is 0.112. The van der Waals surface area contributed by atoms with Crippen molar-refractivity contribution < 1.29 is 4.79 Å². The fourth-order valence-electron chi connectivity index (χ4n) is 1.43. The number of aryl methyl sites for hydroxylation is 1. The van der Waals surface area contributed by atoms with Gasteiger partial charge in [0, 0.05) is 12.6 Å². The number of nitrogens with one attached hydrogen (secondary N) is 1. The molecule has 0 atom stereocenters. The number of aldehydes is 1. The van der Waals surface area contributed by atoms with Crippen molar-refractivity contribution >= 4 is 11.9 Å². The average Bonchev–Trinajstić information content (AvgIpc) is 2.17. The fraction of sp³-hybridized carbons (Fsp3) is 0.250. The molecule has 0 heterocycles. The Labute approximate surface area is 84.6 Å². The summed E-state index contributed by atoms with van der Waals surface area (Å²) in [6.07, 6.45) is 2.78. The van der Waals surface area contributed by atoms with Gasteiger partial charge < -0.3 is 5.32 Å². The van der Waals surface area contributed by atoms with Crippen molar-refractivity contribution in [3.63, 3.8) is 0 Å². The van der Waals surface area contributed by atoms with Gasteiger partial charge in [0.1, 0.15) is 0 Å². The first-order valence-corrected chi connectivity index (χ1v) is 4.59. The van der Waals surface area contributed by atoms with Crippen LogP contribution in [-0.4, -0.2) is 13.3 Å². The Bertz CT molecular complexity index is 367. The highest BCUT2D eigenvalue weighted by atomic mass is 16.1. The highest BCUT2D eigenvalue weighted by Crippen LogP contribution is 2.18. The molecule has 0 bridgehead atoms. The lowest BCUT2D eigenvalue weighted by atomic mass is 10.0. The third-order valence-electron chi connectivity index (χ3n) is 2.12. The van der Waals surface area contributed by atoms with Crippen LogP contribution in [0, 0.1) is 6.92 Å². The molecule has 14 heavy (non-hydrogen) atoms. The van der Waals surface area contributed by atoms with Crippen LogP contribution in [0.4, 0.5) is 0 Å². The van der Waals surface area contributed by atoms with Gasteiger partial charge >= 0.3 is 0 Å². The maximum atomic E-state index is 10.8. The molecule has 0 unspecified atom stereocenters. The van der Waals surface area contributed by atoms with Crippen molar-refractivity contribution in [3.05, 3.63) is 41.1 Å². The number of carbonyl (C=O) groups excluding carboxylic acids is 1. The summed E-state index contributed by atoms with van der Waals surface area (Å²) < 4.78 is 0. The minimum atomic E-state index is 0.744. The normalized spacial score (nSPS) is 11.2. The zero-order valence-corrected chi connectivity index (χ0v) is 8.79. The lowest BCUT2D eigenvalue weighted by Crippen LogP contribution is -1.97. The van der Waals surface area contributed by atoms with Crippen LogP contribution >= 0.6 is 0 Å². The van der Waals surface area contributed by atoms with Gasteiger partial charge in [0.25, 0.3) is 0 Å². The predicted molar refractivity (Wildman–Crippen MR) is 59.3 cm³/mol. The first-order valence-electron chi connectivity index (χ1n) is 4.59. The second-order valence-electron chi connectivity index (χ2n) is 3.32. The number of hydrogen-bond donors (Lipinski definition) is 1. The summed E-state index contributed by atoms with van der Waals surface area (Å²) in [7, 11) is 1.85. The van der Waals surface area contributed by atoms with Crippen LogP contribution in [-0.2, 0) is 0 Å². The number of allylic oxidation sites excluding steroid dienone is 1. The first kappa shape index (κ1) is 10.5. The molecule has 0 aliphatic carbocycles. The Kier molecular flexibility index (Phi) is 3.46. The summed E-state index contributed by atoms with van der Waals surface area (Å²) in [4.78, 5) is 10.8. The SMILES string of the molecule is CN/C=C(/C)c1ccc(C)cc1C=O. The molecule has 1 N–H and O–H groups in total. The van der Waals surface area contributed by atoms with E-state index < -0.39 is 0 Å². The van der Waals surface area contributed by atoms with E-state index in [0.717, 1.165) is 28.5 Å². The maximum Gasteiger partial charge on any atom is 0.150 e. The zero-order chi connectivity index (χ0) is 10.6. The molecular formula is C12H15NO. The van der Waals surface area contributed by atoms with E-state index in [4.69, 9.17) is 0 Å². The lowest BCUT2D eigenvalue weighted by Gasteiger charge is -2.06. The molecule has 2 nitrogen and oxygen atoms in total. The second kappa shape index (κ2) is 4.61. The highest BCUT2D eigenvalue weighted by Gasteiger charge is 2.02. The van der Waals surface area contributed by atoms with Crippen LogP contribution in [0.15, 0.2) is 24.4 Å². The number of benzene rings is 1. The summed E-state index contributed by atoms with van der Waals surface area (Å²) in [5.41, 5.74) is 3.90. The molecule has 1 aromatic carbocycles. The standard InChI is InChI=1S/C12H15NO/c1-9-4-5-12(10(2)7-13-3)11(6-9)8-14/h4-8,13H,1-3H3/b10-7-.